The fraction of sp³-hybridized carbons (Fsp3) is 0.400. The van der Waals surface area contributed by atoms with Crippen LogP contribution >= 0.6 is 0 Å². The molecule has 0 spiro atoms. The van der Waals surface area contributed by atoms with Crippen LogP contribution < -0.4 is 4.90 Å². The topological polar surface area (TPSA) is 73.7 Å². The Kier molecular flexibility index (Phi) is 5.42. The van der Waals surface area contributed by atoms with E-state index < -0.39 is 23.6 Å². The molecule has 1 aromatic rings. The number of nitrogens with zero attached hydrogens (tertiary/aromatic N) is 3. The molecule has 24 heavy (non-hydrogen) atoms. The summed E-state index contributed by atoms with van der Waals surface area (Å²) in [6.45, 7) is 1.05. The summed E-state index contributed by atoms with van der Waals surface area (Å²) in [6.07, 6.45) is -1.06. The fourth-order valence-electron chi connectivity index (χ4n) is 2.47. The van der Waals surface area contributed by atoms with Crippen molar-refractivity contribution in [1.82, 2.24) is 9.88 Å². The molecule has 1 N–H and O–H groups in total. The summed E-state index contributed by atoms with van der Waals surface area (Å²) >= 11 is 0. The second-order valence-electron chi connectivity index (χ2n) is 5.21. The number of aliphatic carboxylic acids is 1. The van der Waals surface area contributed by atoms with Crippen LogP contribution in [-0.2, 0) is 15.8 Å². The van der Waals surface area contributed by atoms with Crippen molar-refractivity contribution in [3.05, 3.63) is 36.0 Å². The zero-order valence-corrected chi connectivity index (χ0v) is 12.7. The number of hydrogen-bond acceptors (Lipinski definition) is 4. The molecular formula is C15H16F3N3O3. The third-order valence-electron chi connectivity index (χ3n) is 3.57. The van der Waals surface area contributed by atoms with Gasteiger partial charge in [-0.15, -0.1) is 0 Å². The molecule has 130 valence electrons. The number of pyridine rings is 1. The van der Waals surface area contributed by atoms with E-state index in [1.807, 2.05) is 0 Å². The summed E-state index contributed by atoms with van der Waals surface area (Å²) in [5, 5.41) is 8.53. The van der Waals surface area contributed by atoms with Crippen LogP contribution in [0.5, 0.6) is 0 Å². The Morgan fingerprint density at radius 2 is 1.92 bits per heavy atom. The largest absolute Gasteiger partial charge is 0.478 e. The van der Waals surface area contributed by atoms with Gasteiger partial charge in [-0.1, -0.05) is 0 Å². The Hall–Kier alpha value is -2.58. The number of carbonyl (C=O) groups excluding carboxylic acids is 1. The maximum absolute atomic E-state index is 13.1. The first-order valence-electron chi connectivity index (χ1n) is 7.26. The third-order valence-corrected chi connectivity index (χ3v) is 3.57. The highest BCUT2D eigenvalue weighted by Gasteiger charge is 2.36. The molecule has 0 atom stereocenters. The van der Waals surface area contributed by atoms with Gasteiger partial charge in [-0.25, -0.2) is 9.78 Å². The smallest absolute Gasteiger partial charge is 0.419 e. The van der Waals surface area contributed by atoms with Crippen molar-refractivity contribution in [3.63, 3.8) is 0 Å². The minimum Gasteiger partial charge on any atom is -0.478 e. The van der Waals surface area contributed by atoms with Gasteiger partial charge in [0.05, 0.1) is 5.56 Å². The first kappa shape index (κ1) is 17.8. The number of amides is 1. The molecule has 1 fully saturated rings. The van der Waals surface area contributed by atoms with E-state index in [1.54, 1.807) is 0 Å². The lowest BCUT2D eigenvalue weighted by Crippen LogP contribution is -2.35. The fourth-order valence-corrected chi connectivity index (χ4v) is 2.47. The Balaban J connectivity index is 2.12. The number of carboxylic acids is 1. The SMILES string of the molecule is O=C(O)C=CC(=O)N1CCCN(c2ncccc2C(F)(F)F)CC1. The molecule has 0 radical (unpaired) electrons. The molecule has 2 rings (SSSR count). The summed E-state index contributed by atoms with van der Waals surface area (Å²) in [5.41, 5.74) is -0.810. The molecule has 1 aliphatic rings. The molecule has 0 saturated carbocycles. The molecular weight excluding hydrogens is 327 g/mol. The highest BCUT2D eigenvalue weighted by Crippen LogP contribution is 2.35. The standard InChI is InChI=1S/C15H16F3N3O3/c16-15(17,18)11-3-1-6-19-14(11)21-8-2-7-20(9-10-21)12(22)4-5-13(23)24/h1,3-6H,2,7-10H2,(H,23,24). The molecule has 1 aromatic heterocycles. The quantitative estimate of drug-likeness (QED) is 0.847. The van der Waals surface area contributed by atoms with E-state index >= 15 is 0 Å². The Labute approximate surface area is 136 Å². The number of carboxylic acid groups (broad SMARTS) is 1. The maximum atomic E-state index is 13.1. The lowest BCUT2D eigenvalue weighted by atomic mass is 10.2. The van der Waals surface area contributed by atoms with Crippen LogP contribution in [0.15, 0.2) is 30.5 Å². The van der Waals surface area contributed by atoms with Crippen LogP contribution in [0, 0.1) is 0 Å². The van der Waals surface area contributed by atoms with E-state index in [9.17, 15) is 22.8 Å². The molecule has 0 aromatic carbocycles. The second-order valence-corrected chi connectivity index (χ2v) is 5.21. The van der Waals surface area contributed by atoms with Crippen molar-refractivity contribution in [1.29, 1.82) is 0 Å². The van der Waals surface area contributed by atoms with Gasteiger partial charge < -0.3 is 14.9 Å². The van der Waals surface area contributed by atoms with Gasteiger partial charge in [-0.05, 0) is 18.6 Å². The predicted molar refractivity (Wildman–Crippen MR) is 79.4 cm³/mol. The first-order valence-corrected chi connectivity index (χ1v) is 7.26. The number of carbonyl (C=O) groups is 2. The van der Waals surface area contributed by atoms with Crippen molar-refractivity contribution in [2.45, 2.75) is 12.6 Å². The lowest BCUT2D eigenvalue weighted by molar-refractivity contribution is -0.137. The van der Waals surface area contributed by atoms with Crippen LogP contribution in [0.1, 0.15) is 12.0 Å². The number of aromatic nitrogens is 1. The molecule has 1 saturated heterocycles. The molecule has 2 heterocycles. The van der Waals surface area contributed by atoms with Crippen molar-refractivity contribution >= 4 is 17.7 Å². The number of hydrogen-bond donors (Lipinski definition) is 1. The van der Waals surface area contributed by atoms with Gasteiger partial charge in [0.1, 0.15) is 5.82 Å². The average molecular weight is 343 g/mol. The number of halogens is 3. The monoisotopic (exact) mass is 343 g/mol. The van der Waals surface area contributed by atoms with Crippen LogP contribution in [-0.4, -0.2) is 53.0 Å². The van der Waals surface area contributed by atoms with Crippen molar-refractivity contribution in [3.8, 4) is 0 Å². The number of rotatable bonds is 3. The summed E-state index contributed by atoms with van der Waals surface area (Å²) in [7, 11) is 0. The minimum absolute atomic E-state index is 0.152. The summed E-state index contributed by atoms with van der Waals surface area (Å²) in [6, 6.07) is 2.21. The Morgan fingerprint density at radius 1 is 1.17 bits per heavy atom. The second kappa shape index (κ2) is 7.33. The van der Waals surface area contributed by atoms with E-state index in [0.717, 1.165) is 18.2 Å². The predicted octanol–water partition coefficient (Wildman–Crippen LogP) is 1.78. The zero-order chi connectivity index (χ0) is 17.7. The van der Waals surface area contributed by atoms with Crippen molar-refractivity contribution < 1.29 is 27.9 Å². The van der Waals surface area contributed by atoms with Gasteiger partial charge in [0, 0.05) is 44.5 Å². The van der Waals surface area contributed by atoms with E-state index in [1.165, 1.54) is 22.1 Å². The van der Waals surface area contributed by atoms with Crippen LogP contribution in [0.25, 0.3) is 0 Å². The van der Waals surface area contributed by atoms with Gasteiger partial charge in [0.25, 0.3) is 0 Å². The summed E-state index contributed by atoms with van der Waals surface area (Å²) in [4.78, 5) is 29.1. The molecule has 0 aliphatic carbocycles. The molecule has 0 bridgehead atoms. The molecule has 1 amide bonds. The normalized spacial score (nSPS) is 16.3. The molecule has 9 heteroatoms. The Morgan fingerprint density at radius 3 is 2.58 bits per heavy atom. The van der Waals surface area contributed by atoms with Gasteiger partial charge >= 0.3 is 12.1 Å². The average Bonchev–Trinajstić information content (AvgIpc) is 2.77. The van der Waals surface area contributed by atoms with Gasteiger partial charge in [-0.2, -0.15) is 13.2 Å². The van der Waals surface area contributed by atoms with E-state index in [0.29, 0.717) is 19.5 Å². The van der Waals surface area contributed by atoms with Gasteiger partial charge in [-0.3, -0.25) is 4.79 Å². The maximum Gasteiger partial charge on any atom is 0.419 e. The highest BCUT2D eigenvalue weighted by atomic mass is 19.4. The summed E-state index contributed by atoms with van der Waals surface area (Å²) in [5.74, 6) is -1.86. The minimum atomic E-state index is -4.50. The van der Waals surface area contributed by atoms with Gasteiger partial charge in [0.2, 0.25) is 5.91 Å². The number of anilines is 1. The van der Waals surface area contributed by atoms with Crippen molar-refractivity contribution in [2.75, 3.05) is 31.1 Å². The van der Waals surface area contributed by atoms with E-state index in [4.69, 9.17) is 5.11 Å². The molecule has 6 nitrogen and oxygen atoms in total. The van der Waals surface area contributed by atoms with Crippen LogP contribution in [0.4, 0.5) is 19.0 Å². The Bertz CT molecular complexity index is 646. The van der Waals surface area contributed by atoms with E-state index in [2.05, 4.69) is 4.98 Å². The van der Waals surface area contributed by atoms with Crippen LogP contribution in [0.3, 0.4) is 0 Å². The third kappa shape index (κ3) is 4.46. The highest BCUT2D eigenvalue weighted by molar-refractivity contribution is 5.93. The first-order chi connectivity index (χ1) is 11.3. The van der Waals surface area contributed by atoms with Crippen molar-refractivity contribution in [2.24, 2.45) is 0 Å². The summed E-state index contributed by atoms with van der Waals surface area (Å²) < 4.78 is 39.3. The molecule has 1 aliphatic heterocycles. The van der Waals surface area contributed by atoms with Crippen LogP contribution in [0.2, 0.25) is 0 Å². The number of alkyl halides is 3. The zero-order valence-electron chi connectivity index (χ0n) is 12.7. The lowest BCUT2D eigenvalue weighted by Gasteiger charge is -2.25. The van der Waals surface area contributed by atoms with E-state index in [-0.39, 0.29) is 18.9 Å². The van der Waals surface area contributed by atoms with Gasteiger partial charge in [0.15, 0.2) is 0 Å². The molecule has 0 unspecified atom stereocenters.